The Morgan fingerprint density at radius 3 is 2.43 bits per heavy atom. The number of alkyl halides is 2. The predicted octanol–water partition coefficient (Wildman–Crippen LogP) is 6.22. The van der Waals surface area contributed by atoms with Crippen molar-refractivity contribution in [3.8, 4) is 11.6 Å². The van der Waals surface area contributed by atoms with Crippen LogP contribution in [0.2, 0.25) is 0 Å². The first-order valence-electron chi connectivity index (χ1n) is 24.6. The lowest BCUT2D eigenvalue weighted by atomic mass is 9.83. The summed E-state index contributed by atoms with van der Waals surface area (Å²) in [6, 6.07) is 5.19. The molecule has 0 spiro atoms. The molecule has 5 aliphatic carbocycles. The molecular formula is C49H66F2N6O9S. The van der Waals surface area contributed by atoms with Crippen molar-refractivity contribution >= 4 is 44.7 Å². The Hall–Kier alpha value is -4.58. The van der Waals surface area contributed by atoms with Gasteiger partial charge in [-0.1, -0.05) is 57.2 Å². The fraction of sp³-hybridized carbons (Fsp3) is 0.694. The first-order chi connectivity index (χ1) is 32.0. The summed E-state index contributed by atoms with van der Waals surface area (Å²) < 4.78 is 74.2. The van der Waals surface area contributed by atoms with E-state index in [1.165, 1.54) is 11.0 Å². The van der Waals surface area contributed by atoms with Crippen LogP contribution in [0.1, 0.15) is 122 Å². The second-order valence-electron chi connectivity index (χ2n) is 20.7. The average molecular weight is 953 g/mol. The van der Waals surface area contributed by atoms with Gasteiger partial charge in [0, 0.05) is 36.6 Å². The van der Waals surface area contributed by atoms with Crippen LogP contribution in [0, 0.1) is 23.7 Å². The number of ether oxygens (including phenoxy) is 3. The lowest BCUT2D eigenvalue weighted by Crippen LogP contribution is -2.60. The van der Waals surface area contributed by atoms with Crippen LogP contribution in [0.25, 0.3) is 10.9 Å². The van der Waals surface area contributed by atoms with E-state index in [1.807, 2.05) is 24.3 Å². The number of carbonyl (C=O) groups is 4. The van der Waals surface area contributed by atoms with Crippen molar-refractivity contribution in [3.05, 3.63) is 42.5 Å². The summed E-state index contributed by atoms with van der Waals surface area (Å²) in [5.74, 6) is -4.75. The molecule has 7 aliphatic rings. The number of halogens is 2. The van der Waals surface area contributed by atoms with E-state index >= 15 is 4.79 Å². The summed E-state index contributed by atoms with van der Waals surface area (Å²) in [7, 11) is -4.06. The minimum Gasteiger partial charge on any atom is -0.492 e. The van der Waals surface area contributed by atoms with Gasteiger partial charge in [0.05, 0.1) is 29.0 Å². The number of fused-ring (bicyclic) bond motifs is 5. The van der Waals surface area contributed by atoms with Gasteiger partial charge in [0.25, 0.3) is 11.8 Å². The Morgan fingerprint density at radius 2 is 1.73 bits per heavy atom. The fourth-order valence-electron chi connectivity index (χ4n) is 11.1. The zero-order chi connectivity index (χ0) is 47.3. The molecule has 1 aromatic carbocycles. The lowest BCUT2D eigenvalue weighted by Gasteiger charge is -2.35. The van der Waals surface area contributed by atoms with Crippen LogP contribution >= 0.6 is 0 Å². The van der Waals surface area contributed by atoms with Crippen LogP contribution in [0.3, 0.4) is 0 Å². The van der Waals surface area contributed by atoms with E-state index < -0.39 is 80.1 Å². The Bertz CT molecular complexity index is 2350. The van der Waals surface area contributed by atoms with Crippen molar-refractivity contribution in [2.24, 2.45) is 23.7 Å². The van der Waals surface area contributed by atoms with E-state index in [-0.39, 0.29) is 49.8 Å². The molecule has 4 N–H and O–H groups in total. The van der Waals surface area contributed by atoms with E-state index in [2.05, 4.69) is 27.3 Å². The van der Waals surface area contributed by atoms with Crippen molar-refractivity contribution < 1.29 is 50.6 Å². The molecule has 0 radical (unpaired) electrons. The summed E-state index contributed by atoms with van der Waals surface area (Å²) in [6.45, 7) is 7.98. The standard InChI is InChI=1S/C49H66F2N6O9S/c1-4-36-29(2)49(36,45(60)56-67(62,63)47(3)20-21-47)55-42(58)38-25-33-28-57(38)44(59)40(30-14-7-5-8-15-30)54-46(61)66-39-24-31(39)16-9-6-10-18-35-41(34-17-11-12-19-37(34)53-43(35)65-33)64-23-13-22-52-32-26-48(50,51)27-32/h4,11-12,17,19,29-33,36,38-40,52H,1,5-10,13-16,18,20-28H2,2-3H3,(H,54,61)(H,55,58)(H,56,60)/t29-,31-,33-,36?,38+,39-,40+,49?/m1/s1. The van der Waals surface area contributed by atoms with E-state index in [0.29, 0.717) is 68.8 Å². The number of rotatable bonds is 13. The van der Waals surface area contributed by atoms with Gasteiger partial charge in [0.2, 0.25) is 27.7 Å². The van der Waals surface area contributed by atoms with Gasteiger partial charge in [-0.3, -0.25) is 19.1 Å². The maximum absolute atomic E-state index is 15.2. The number of hydrogen-bond donors (Lipinski definition) is 4. The second-order valence-corrected chi connectivity index (χ2v) is 22.9. The van der Waals surface area contributed by atoms with Crippen LogP contribution in [-0.2, 0) is 35.6 Å². The molecule has 67 heavy (non-hydrogen) atoms. The number of alkyl carbamates (subject to hydrolysis) is 1. The molecule has 9 rings (SSSR count). The first kappa shape index (κ1) is 47.5. The van der Waals surface area contributed by atoms with Crippen molar-refractivity contribution in [1.29, 1.82) is 0 Å². The first-order valence-corrected chi connectivity index (χ1v) is 26.1. The molecule has 2 aliphatic heterocycles. The van der Waals surface area contributed by atoms with Gasteiger partial charge in [-0.25, -0.2) is 27.0 Å². The highest BCUT2D eigenvalue weighted by Gasteiger charge is 2.69. The van der Waals surface area contributed by atoms with Crippen LogP contribution in [0.4, 0.5) is 13.6 Å². The maximum atomic E-state index is 15.2. The highest BCUT2D eigenvalue weighted by molar-refractivity contribution is 7.91. The summed E-state index contributed by atoms with van der Waals surface area (Å²) in [5.41, 5.74) is -0.269. The summed E-state index contributed by atoms with van der Waals surface area (Å²) in [5, 5.41) is 9.87. The Morgan fingerprint density at radius 1 is 1.01 bits per heavy atom. The monoisotopic (exact) mass is 952 g/mol. The smallest absolute Gasteiger partial charge is 0.408 e. The number of amides is 4. The van der Waals surface area contributed by atoms with Gasteiger partial charge in [-0.2, -0.15) is 0 Å². The number of para-hydroxylation sites is 1. The summed E-state index contributed by atoms with van der Waals surface area (Å²) >= 11 is 0. The molecule has 1 aromatic heterocycles. The molecule has 366 valence electrons. The number of nitrogens with zero attached hydrogens (tertiary/aromatic N) is 2. The van der Waals surface area contributed by atoms with Crippen LogP contribution in [-0.4, -0.2) is 108 Å². The Balaban J connectivity index is 1.03. The van der Waals surface area contributed by atoms with Gasteiger partial charge < -0.3 is 35.1 Å². The van der Waals surface area contributed by atoms with E-state index in [4.69, 9.17) is 19.2 Å². The number of pyridine rings is 1. The molecule has 3 heterocycles. The molecule has 2 unspecified atom stereocenters. The molecule has 4 amide bonds. The molecular weight excluding hydrogens is 887 g/mol. The zero-order valence-corrected chi connectivity index (χ0v) is 39.5. The Kier molecular flexibility index (Phi) is 13.3. The average Bonchev–Trinajstić information content (AvgIpc) is 4.25. The highest BCUT2D eigenvalue weighted by Crippen LogP contribution is 2.52. The third-order valence-electron chi connectivity index (χ3n) is 15.9. The lowest BCUT2D eigenvalue weighted by molar-refractivity contribution is -0.142. The van der Waals surface area contributed by atoms with E-state index in [0.717, 1.165) is 62.3 Å². The predicted molar refractivity (Wildman–Crippen MR) is 245 cm³/mol. The van der Waals surface area contributed by atoms with Crippen LogP contribution in [0.5, 0.6) is 11.6 Å². The van der Waals surface area contributed by atoms with Gasteiger partial charge in [-0.05, 0) is 101 Å². The van der Waals surface area contributed by atoms with Crippen molar-refractivity contribution in [3.63, 3.8) is 0 Å². The molecule has 15 nitrogen and oxygen atoms in total. The van der Waals surface area contributed by atoms with E-state index in [1.54, 1.807) is 13.8 Å². The SMILES string of the molecule is C=CC1[C@@H](C)C1(NC(=O)[C@@H]1C[C@@H]2CN1C(=O)[C@H](C1CCCCC1)NC(=O)O[C@@H]1C[C@H]1CCCCCc1c(nc3ccccc3c1OCCCNC1CC(F)(F)C1)O2)C(=O)NS(=O)(=O)C1(C)CC1. The van der Waals surface area contributed by atoms with Gasteiger partial charge in [0.1, 0.15) is 35.6 Å². The number of nitrogens with one attached hydrogen (secondary N) is 4. The number of hydrogen-bond acceptors (Lipinski definition) is 11. The number of aromatic nitrogens is 1. The number of sulfonamides is 1. The molecule has 5 saturated carbocycles. The van der Waals surface area contributed by atoms with Gasteiger partial charge in [-0.15, -0.1) is 6.58 Å². The minimum atomic E-state index is -4.06. The van der Waals surface area contributed by atoms with Gasteiger partial charge >= 0.3 is 6.09 Å². The fourth-order valence-corrected chi connectivity index (χ4v) is 12.4. The zero-order valence-electron chi connectivity index (χ0n) is 38.7. The number of carbonyl (C=O) groups excluding carboxylic acids is 4. The molecule has 1 saturated heterocycles. The van der Waals surface area contributed by atoms with Crippen molar-refractivity contribution in [2.45, 2.75) is 170 Å². The maximum Gasteiger partial charge on any atom is 0.408 e. The molecule has 2 aromatic rings. The quantitative estimate of drug-likeness (QED) is 0.132. The minimum absolute atomic E-state index is 0.000382. The Labute approximate surface area is 391 Å². The third-order valence-corrected chi connectivity index (χ3v) is 18.0. The molecule has 6 fully saturated rings. The topological polar surface area (TPSA) is 194 Å². The molecule has 8 atom stereocenters. The van der Waals surface area contributed by atoms with Crippen molar-refractivity contribution in [1.82, 2.24) is 30.6 Å². The third kappa shape index (κ3) is 9.84. The molecule has 2 bridgehead atoms. The highest BCUT2D eigenvalue weighted by atomic mass is 32.2. The molecule has 18 heteroatoms. The largest absolute Gasteiger partial charge is 0.492 e. The van der Waals surface area contributed by atoms with Crippen molar-refractivity contribution in [2.75, 3.05) is 19.7 Å². The van der Waals surface area contributed by atoms with Crippen LogP contribution in [0.15, 0.2) is 36.9 Å². The van der Waals surface area contributed by atoms with Gasteiger partial charge in [0.15, 0.2) is 0 Å². The summed E-state index contributed by atoms with van der Waals surface area (Å²) in [4.78, 5) is 64.2. The second kappa shape index (κ2) is 18.7. The summed E-state index contributed by atoms with van der Waals surface area (Å²) in [6.07, 6.45) is 9.81. The van der Waals surface area contributed by atoms with Crippen LogP contribution < -0.4 is 30.1 Å². The number of benzene rings is 1. The normalized spacial score (nSPS) is 31.8. The van der Waals surface area contributed by atoms with E-state index in [9.17, 15) is 31.6 Å².